The summed E-state index contributed by atoms with van der Waals surface area (Å²) in [7, 11) is 3.91. The molecule has 24 heavy (non-hydrogen) atoms. The molecule has 1 N–H and O–H groups in total. The van der Waals surface area contributed by atoms with E-state index < -0.39 is 5.72 Å². The largest absolute Gasteiger partial charge is 0.378 e. The number of amides is 1. The fourth-order valence-corrected chi connectivity index (χ4v) is 2.89. The third kappa shape index (κ3) is 2.78. The van der Waals surface area contributed by atoms with E-state index in [1.165, 1.54) is 5.01 Å². The third-order valence-electron chi connectivity index (χ3n) is 4.18. The molecule has 1 aliphatic rings. The van der Waals surface area contributed by atoms with Gasteiger partial charge in [0.05, 0.1) is 0 Å². The van der Waals surface area contributed by atoms with Crippen LogP contribution in [0.4, 0.5) is 5.69 Å². The smallest absolute Gasteiger partial charge is 0.276 e. The fourth-order valence-electron chi connectivity index (χ4n) is 2.89. The van der Waals surface area contributed by atoms with Gasteiger partial charge in [-0.15, -0.1) is 0 Å². The molecule has 124 valence electrons. The summed E-state index contributed by atoms with van der Waals surface area (Å²) >= 11 is 0. The summed E-state index contributed by atoms with van der Waals surface area (Å²) in [6, 6.07) is 16.4. The first-order valence-corrected chi connectivity index (χ1v) is 7.86. The van der Waals surface area contributed by atoms with Crippen LogP contribution in [0.25, 0.3) is 0 Å². The van der Waals surface area contributed by atoms with E-state index >= 15 is 0 Å². The average molecular weight is 323 g/mol. The summed E-state index contributed by atoms with van der Waals surface area (Å²) in [5.74, 6) is -0.313. The van der Waals surface area contributed by atoms with Gasteiger partial charge in [0.25, 0.3) is 5.91 Å². The van der Waals surface area contributed by atoms with Crippen LogP contribution in [-0.2, 0) is 5.72 Å². The molecule has 0 aromatic heterocycles. The Hall–Kier alpha value is -2.66. The minimum Gasteiger partial charge on any atom is -0.378 e. The van der Waals surface area contributed by atoms with E-state index in [0.29, 0.717) is 17.5 Å². The predicted molar refractivity (Wildman–Crippen MR) is 95.0 cm³/mol. The lowest BCUT2D eigenvalue weighted by atomic mass is 9.97. The van der Waals surface area contributed by atoms with E-state index in [-0.39, 0.29) is 5.91 Å². The van der Waals surface area contributed by atoms with Gasteiger partial charge in [0.2, 0.25) is 0 Å². The maximum absolute atomic E-state index is 12.8. The molecule has 0 fully saturated rings. The second-order valence-corrected chi connectivity index (χ2v) is 6.25. The lowest BCUT2D eigenvalue weighted by Gasteiger charge is -2.32. The Kier molecular flexibility index (Phi) is 4.11. The Labute approximate surface area is 141 Å². The van der Waals surface area contributed by atoms with Crippen molar-refractivity contribution < 1.29 is 9.90 Å². The molecular formula is C19H21N3O2. The lowest BCUT2D eigenvalue weighted by Crippen LogP contribution is -2.43. The third-order valence-corrected chi connectivity index (χ3v) is 4.18. The quantitative estimate of drug-likeness (QED) is 0.945. The highest BCUT2D eigenvalue weighted by atomic mass is 16.3. The van der Waals surface area contributed by atoms with E-state index in [2.05, 4.69) is 5.10 Å². The monoisotopic (exact) mass is 323 g/mol. The minimum absolute atomic E-state index is 0.298. The molecule has 0 spiro atoms. The highest BCUT2D eigenvalue weighted by molar-refractivity contribution is 5.97. The molecule has 1 aliphatic heterocycles. The maximum atomic E-state index is 12.8. The highest BCUT2D eigenvalue weighted by Crippen LogP contribution is 2.36. The molecule has 0 saturated carbocycles. The van der Waals surface area contributed by atoms with Crippen molar-refractivity contribution in [2.24, 2.45) is 5.10 Å². The van der Waals surface area contributed by atoms with E-state index in [1.807, 2.05) is 56.3 Å². The molecular weight excluding hydrogens is 302 g/mol. The molecule has 0 saturated heterocycles. The van der Waals surface area contributed by atoms with E-state index in [0.717, 1.165) is 11.4 Å². The van der Waals surface area contributed by atoms with Gasteiger partial charge in [-0.05, 0) is 31.2 Å². The zero-order valence-corrected chi connectivity index (χ0v) is 14.1. The summed E-state index contributed by atoms with van der Waals surface area (Å²) in [5, 5.41) is 16.7. The molecule has 2 aromatic rings. The van der Waals surface area contributed by atoms with Gasteiger partial charge in [-0.2, -0.15) is 10.1 Å². The Balaban J connectivity index is 1.97. The fraction of sp³-hybridized carbons (Fsp3) is 0.263. The first kappa shape index (κ1) is 16.2. The van der Waals surface area contributed by atoms with Crippen LogP contribution in [0.5, 0.6) is 0 Å². The molecule has 5 heteroatoms. The molecule has 1 heterocycles. The van der Waals surface area contributed by atoms with Gasteiger partial charge in [0.1, 0.15) is 0 Å². The number of nitrogens with zero attached hydrogens (tertiary/aromatic N) is 3. The van der Waals surface area contributed by atoms with Crippen LogP contribution < -0.4 is 4.90 Å². The first-order chi connectivity index (χ1) is 11.4. The number of hydrazone groups is 1. The van der Waals surface area contributed by atoms with Crippen LogP contribution in [0, 0.1) is 0 Å². The minimum atomic E-state index is -1.46. The maximum Gasteiger partial charge on any atom is 0.276 e. The van der Waals surface area contributed by atoms with Crippen molar-refractivity contribution in [3.8, 4) is 0 Å². The van der Waals surface area contributed by atoms with Crippen LogP contribution in [0.1, 0.15) is 29.3 Å². The van der Waals surface area contributed by atoms with Crippen molar-refractivity contribution >= 4 is 17.3 Å². The van der Waals surface area contributed by atoms with Crippen LogP contribution in [0.3, 0.4) is 0 Å². The molecule has 3 rings (SSSR count). The van der Waals surface area contributed by atoms with E-state index in [4.69, 9.17) is 0 Å². The van der Waals surface area contributed by atoms with Crippen molar-refractivity contribution in [3.05, 3.63) is 65.7 Å². The SMILES string of the molecule is CC1=NN(C(=O)c2ccccc2)[C@](O)(c2ccc(N(C)C)cc2)C1. The number of carbonyl (C=O) groups is 1. The topological polar surface area (TPSA) is 56.1 Å². The Bertz CT molecular complexity index is 769. The molecule has 5 nitrogen and oxygen atoms in total. The molecule has 0 radical (unpaired) electrons. The first-order valence-electron chi connectivity index (χ1n) is 7.86. The number of benzene rings is 2. The van der Waals surface area contributed by atoms with Crippen molar-refractivity contribution in [1.82, 2.24) is 5.01 Å². The van der Waals surface area contributed by atoms with Gasteiger partial charge in [-0.1, -0.05) is 30.3 Å². The second-order valence-electron chi connectivity index (χ2n) is 6.25. The number of anilines is 1. The number of hydrogen-bond acceptors (Lipinski definition) is 4. The molecule has 0 bridgehead atoms. The molecule has 1 amide bonds. The number of rotatable bonds is 3. The Morgan fingerprint density at radius 3 is 2.33 bits per heavy atom. The Morgan fingerprint density at radius 2 is 1.75 bits per heavy atom. The molecule has 2 aromatic carbocycles. The molecule has 0 aliphatic carbocycles. The summed E-state index contributed by atoms with van der Waals surface area (Å²) in [4.78, 5) is 14.8. The highest BCUT2D eigenvalue weighted by Gasteiger charge is 2.45. The van der Waals surface area contributed by atoms with Crippen LogP contribution in [-0.4, -0.2) is 35.8 Å². The lowest BCUT2D eigenvalue weighted by molar-refractivity contribution is -0.0765. The summed E-state index contributed by atoms with van der Waals surface area (Å²) in [5.41, 5.74) is 1.44. The van der Waals surface area contributed by atoms with Crippen molar-refractivity contribution in [1.29, 1.82) is 0 Å². The standard InChI is InChI=1S/C19H21N3O2/c1-14-13-19(24,16-9-11-17(12-10-16)21(2)3)22(20-14)18(23)15-7-5-4-6-8-15/h4-12,24H,13H2,1-3H3/t19-/m1/s1. The predicted octanol–water partition coefficient (Wildman–Crippen LogP) is 2.82. The van der Waals surface area contributed by atoms with E-state index in [9.17, 15) is 9.90 Å². The van der Waals surface area contributed by atoms with Gasteiger partial charge in [0, 0.05) is 43.0 Å². The second kappa shape index (κ2) is 6.09. The van der Waals surface area contributed by atoms with Crippen LogP contribution in [0.15, 0.2) is 59.7 Å². The molecule has 1 atom stereocenters. The summed E-state index contributed by atoms with van der Waals surface area (Å²) in [6.07, 6.45) is 0.298. The number of aliphatic hydroxyl groups is 1. The normalized spacial score (nSPS) is 20.0. The average Bonchev–Trinajstić information content (AvgIpc) is 2.91. The number of carbonyl (C=O) groups excluding carboxylic acids is 1. The summed E-state index contributed by atoms with van der Waals surface area (Å²) in [6.45, 7) is 1.82. The number of hydrogen-bond donors (Lipinski definition) is 1. The van der Waals surface area contributed by atoms with Crippen LogP contribution in [0.2, 0.25) is 0 Å². The molecule has 0 unspecified atom stereocenters. The van der Waals surface area contributed by atoms with Crippen LogP contribution >= 0.6 is 0 Å². The van der Waals surface area contributed by atoms with Gasteiger partial charge < -0.3 is 10.0 Å². The van der Waals surface area contributed by atoms with Crippen molar-refractivity contribution in [3.63, 3.8) is 0 Å². The van der Waals surface area contributed by atoms with Gasteiger partial charge in [-0.3, -0.25) is 4.79 Å². The van der Waals surface area contributed by atoms with Crippen molar-refractivity contribution in [2.75, 3.05) is 19.0 Å². The van der Waals surface area contributed by atoms with E-state index in [1.54, 1.807) is 24.3 Å². The Morgan fingerprint density at radius 1 is 1.12 bits per heavy atom. The van der Waals surface area contributed by atoms with Crippen molar-refractivity contribution in [2.45, 2.75) is 19.1 Å². The van der Waals surface area contributed by atoms with Gasteiger partial charge in [0.15, 0.2) is 5.72 Å². The van der Waals surface area contributed by atoms with Gasteiger partial charge >= 0.3 is 0 Å². The zero-order valence-electron chi connectivity index (χ0n) is 14.1. The van der Waals surface area contributed by atoms with Gasteiger partial charge in [-0.25, -0.2) is 0 Å². The zero-order chi connectivity index (χ0) is 17.3. The summed E-state index contributed by atoms with van der Waals surface area (Å²) < 4.78 is 0.